The summed E-state index contributed by atoms with van der Waals surface area (Å²) in [6.07, 6.45) is 4.08. The third-order valence-electron chi connectivity index (χ3n) is 2.93. The van der Waals surface area contributed by atoms with Crippen molar-refractivity contribution in [3.63, 3.8) is 0 Å². The van der Waals surface area contributed by atoms with E-state index in [9.17, 15) is 4.79 Å². The lowest BCUT2D eigenvalue weighted by atomic mass is 9.89. The van der Waals surface area contributed by atoms with Gasteiger partial charge in [-0.25, -0.2) is 0 Å². The summed E-state index contributed by atoms with van der Waals surface area (Å²) in [6.45, 7) is 9.70. The van der Waals surface area contributed by atoms with E-state index in [-0.39, 0.29) is 0 Å². The molecule has 3 heteroatoms. The number of unbranched alkanes of at least 4 members (excludes halogenated alkanes) is 1. The van der Waals surface area contributed by atoms with Gasteiger partial charge in [-0.3, -0.25) is 4.79 Å². The first-order chi connectivity index (χ1) is 7.49. The molecule has 0 spiro atoms. The first kappa shape index (κ1) is 13.5. The Morgan fingerprint density at radius 3 is 2.38 bits per heavy atom. The van der Waals surface area contributed by atoms with Crippen LogP contribution in [-0.2, 0) is 9.53 Å². The Morgan fingerprint density at radius 2 is 1.81 bits per heavy atom. The molecule has 0 saturated carbocycles. The van der Waals surface area contributed by atoms with Crippen LogP contribution >= 0.6 is 0 Å². The molecule has 1 saturated heterocycles. The maximum Gasteiger partial charge on any atom is 0.222 e. The summed E-state index contributed by atoms with van der Waals surface area (Å²) in [6, 6.07) is 0. The lowest BCUT2D eigenvalue weighted by Crippen LogP contribution is -2.40. The molecule has 1 aliphatic heterocycles. The van der Waals surface area contributed by atoms with Crippen LogP contribution in [0.4, 0.5) is 0 Å². The zero-order chi connectivity index (χ0) is 12.0. The van der Waals surface area contributed by atoms with Gasteiger partial charge in [0.25, 0.3) is 0 Å². The van der Waals surface area contributed by atoms with Gasteiger partial charge in [-0.05, 0) is 18.3 Å². The van der Waals surface area contributed by atoms with Gasteiger partial charge in [0.1, 0.15) is 0 Å². The Hall–Kier alpha value is -0.570. The molecule has 1 rings (SSSR count). The Kier molecular flexibility index (Phi) is 5.26. The van der Waals surface area contributed by atoms with Crippen molar-refractivity contribution in [1.82, 2.24) is 4.90 Å². The normalized spacial score (nSPS) is 17.6. The van der Waals surface area contributed by atoms with Crippen molar-refractivity contribution < 1.29 is 9.53 Å². The van der Waals surface area contributed by atoms with Gasteiger partial charge in [-0.15, -0.1) is 0 Å². The van der Waals surface area contributed by atoms with E-state index in [0.717, 1.165) is 25.9 Å². The van der Waals surface area contributed by atoms with Crippen LogP contribution in [0.1, 0.15) is 46.5 Å². The first-order valence-corrected chi connectivity index (χ1v) is 6.34. The van der Waals surface area contributed by atoms with Crippen LogP contribution in [0.15, 0.2) is 0 Å². The number of carbonyl (C=O) groups is 1. The van der Waals surface area contributed by atoms with Gasteiger partial charge in [0.05, 0.1) is 13.2 Å². The lowest BCUT2D eigenvalue weighted by Gasteiger charge is -2.27. The molecule has 0 aromatic heterocycles. The van der Waals surface area contributed by atoms with E-state index in [2.05, 4.69) is 20.8 Å². The van der Waals surface area contributed by atoms with E-state index in [1.54, 1.807) is 0 Å². The quantitative estimate of drug-likeness (QED) is 0.690. The standard InChI is InChI=1S/C13H25NO2/c1-13(2,3)7-5-4-6-12(15)14-8-10-16-11-9-14/h4-11H2,1-3H3. The zero-order valence-corrected chi connectivity index (χ0v) is 10.9. The monoisotopic (exact) mass is 227 g/mol. The largest absolute Gasteiger partial charge is 0.378 e. The van der Waals surface area contributed by atoms with E-state index in [0.29, 0.717) is 31.0 Å². The summed E-state index contributed by atoms with van der Waals surface area (Å²) in [7, 11) is 0. The molecule has 0 bridgehead atoms. The topological polar surface area (TPSA) is 29.5 Å². The molecule has 0 aromatic carbocycles. The fraction of sp³-hybridized carbons (Fsp3) is 0.923. The fourth-order valence-electron chi connectivity index (χ4n) is 1.90. The van der Waals surface area contributed by atoms with Crippen LogP contribution in [0.5, 0.6) is 0 Å². The van der Waals surface area contributed by atoms with Crippen LogP contribution in [0.25, 0.3) is 0 Å². The van der Waals surface area contributed by atoms with Crippen LogP contribution in [0.3, 0.4) is 0 Å². The third-order valence-corrected chi connectivity index (χ3v) is 2.93. The maximum absolute atomic E-state index is 11.8. The Bertz CT molecular complexity index is 214. The summed E-state index contributed by atoms with van der Waals surface area (Å²) in [4.78, 5) is 13.7. The van der Waals surface area contributed by atoms with Crippen LogP contribution in [-0.4, -0.2) is 37.1 Å². The van der Waals surface area contributed by atoms with Crippen LogP contribution in [0.2, 0.25) is 0 Å². The number of nitrogens with zero attached hydrogens (tertiary/aromatic N) is 1. The highest BCUT2D eigenvalue weighted by atomic mass is 16.5. The van der Waals surface area contributed by atoms with Crippen molar-refractivity contribution in [2.45, 2.75) is 46.5 Å². The summed E-state index contributed by atoms with van der Waals surface area (Å²) < 4.78 is 5.23. The third kappa shape index (κ3) is 5.50. The number of hydrogen-bond donors (Lipinski definition) is 0. The lowest BCUT2D eigenvalue weighted by molar-refractivity contribution is -0.135. The highest BCUT2D eigenvalue weighted by Crippen LogP contribution is 2.22. The summed E-state index contributed by atoms with van der Waals surface area (Å²) in [5.41, 5.74) is 0.391. The van der Waals surface area contributed by atoms with E-state index >= 15 is 0 Å². The van der Waals surface area contributed by atoms with Gasteiger partial charge in [-0.1, -0.05) is 27.2 Å². The number of carbonyl (C=O) groups excluding carboxylic acids is 1. The molecule has 1 aliphatic rings. The molecule has 0 radical (unpaired) electrons. The van der Waals surface area contributed by atoms with E-state index < -0.39 is 0 Å². The molecule has 0 aromatic rings. The fourth-order valence-corrected chi connectivity index (χ4v) is 1.90. The molecule has 16 heavy (non-hydrogen) atoms. The molecule has 1 fully saturated rings. The number of hydrogen-bond acceptors (Lipinski definition) is 2. The van der Waals surface area contributed by atoms with Crippen LogP contribution < -0.4 is 0 Å². The van der Waals surface area contributed by atoms with Gasteiger partial charge >= 0.3 is 0 Å². The number of rotatable bonds is 4. The second-order valence-corrected chi connectivity index (χ2v) is 5.76. The Morgan fingerprint density at radius 1 is 1.19 bits per heavy atom. The summed E-state index contributed by atoms with van der Waals surface area (Å²) in [5, 5.41) is 0. The molecule has 0 unspecified atom stereocenters. The Balaban J connectivity index is 2.10. The van der Waals surface area contributed by atoms with Crippen molar-refractivity contribution in [2.24, 2.45) is 5.41 Å². The number of amides is 1. The number of morpholine rings is 1. The highest BCUT2D eigenvalue weighted by molar-refractivity contribution is 5.76. The molecular formula is C13H25NO2. The van der Waals surface area contributed by atoms with E-state index in [1.165, 1.54) is 6.42 Å². The van der Waals surface area contributed by atoms with E-state index in [1.807, 2.05) is 4.90 Å². The molecular weight excluding hydrogens is 202 g/mol. The molecule has 94 valence electrons. The summed E-state index contributed by atoms with van der Waals surface area (Å²) >= 11 is 0. The minimum atomic E-state index is 0.303. The van der Waals surface area contributed by atoms with Crippen molar-refractivity contribution >= 4 is 5.91 Å². The SMILES string of the molecule is CC(C)(C)CCCCC(=O)N1CCOCC1. The van der Waals surface area contributed by atoms with Gasteiger partial charge < -0.3 is 9.64 Å². The molecule has 0 aliphatic carbocycles. The minimum Gasteiger partial charge on any atom is -0.378 e. The smallest absolute Gasteiger partial charge is 0.222 e. The molecule has 1 heterocycles. The second kappa shape index (κ2) is 6.24. The van der Waals surface area contributed by atoms with Crippen molar-refractivity contribution in [3.8, 4) is 0 Å². The van der Waals surface area contributed by atoms with Gasteiger partial charge in [-0.2, -0.15) is 0 Å². The summed E-state index contributed by atoms with van der Waals surface area (Å²) in [5.74, 6) is 0.303. The molecule has 0 atom stereocenters. The maximum atomic E-state index is 11.8. The average molecular weight is 227 g/mol. The molecule has 3 nitrogen and oxygen atoms in total. The first-order valence-electron chi connectivity index (χ1n) is 6.34. The second-order valence-electron chi connectivity index (χ2n) is 5.76. The van der Waals surface area contributed by atoms with E-state index in [4.69, 9.17) is 4.74 Å². The van der Waals surface area contributed by atoms with Gasteiger partial charge in [0.15, 0.2) is 0 Å². The van der Waals surface area contributed by atoms with Crippen LogP contribution in [0, 0.1) is 5.41 Å². The van der Waals surface area contributed by atoms with Crippen molar-refractivity contribution in [1.29, 1.82) is 0 Å². The zero-order valence-electron chi connectivity index (χ0n) is 10.9. The van der Waals surface area contributed by atoms with Gasteiger partial charge in [0, 0.05) is 19.5 Å². The predicted octanol–water partition coefficient (Wildman–Crippen LogP) is 2.45. The highest BCUT2D eigenvalue weighted by Gasteiger charge is 2.16. The Labute approximate surface area is 99.1 Å². The van der Waals surface area contributed by atoms with Gasteiger partial charge in [0.2, 0.25) is 5.91 Å². The average Bonchev–Trinajstić information content (AvgIpc) is 2.24. The minimum absolute atomic E-state index is 0.303. The molecule has 0 N–H and O–H groups in total. The van der Waals surface area contributed by atoms with Crippen molar-refractivity contribution in [2.75, 3.05) is 26.3 Å². The molecule has 1 amide bonds. The number of ether oxygens (including phenoxy) is 1. The predicted molar refractivity (Wildman–Crippen MR) is 65.3 cm³/mol. The van der Waals surface area contributed by atoms with Crippen molar-refractivity contribution in [3.05, 3.63) is 0 Å².